The Morgan fingerprint density at radius 1 is 1.11 bits per heavy atom. The molecule has 0 aliphatic rings. The molecule has 188 valence electrons. The summed E-state index contributed by atoms with van der Waals surface area (Å²) in [6, 6.07) is 15.2. The zero-order valence-corrected chi connectivity index (χ0v) is 22.0. The number of H-pyrrole nitrogens is 1. The van der Waals surface area contributed by atoms with Gasteiger partial charge in [-0.3, -0.25) is 4.79 Å². The number of ether oxygens (including phenoxy) is 2. The first-order chi connectivity index (χ1) is 17.4. The number of rotatable bonds is 9. The molecule has 0 spiro atoms. The third-order valence-corrected chi connectivity index (χ3v) is 6.72. The molecule has 9 heteroatoms. The largest absolute Gasteiger partial charge is 0.493 e. The first-order valence-electron chi connectivity index (χ1n) is 11.5. The van der Waals surface area contributed by atoms with Crippen LogP contribution in [0.2, 0.25) is 5.02 Å². The smallest absolute Gasteiger partial charge is 0.253 e. The number of halogens is 1. The predicted molar refractivity (Wildman–Crippen MR) is 146 cm³/mol. The number of pyridine rings is 1. The summed E-state index contributed by atoms with van der Waals surface area (Å²) in [4.78, 5) is 17.7. The monoisotopic (exact) mass is 525 g/mol. The number of nitrogens with zero attached hydrogens (tertiary/aromatic N) is 1. The van der Waals surface area contributed by atoms with Crippen LogP contribution < -0.4 is 20.3 Å². The average Bonchev–Trinajstić information content (AvgIpc) is 3.38. The molecule has 0 aliphatic heterocycles. The van der Waals surface area contributed by atoms with Crippen molar-refractivity contribution in [3.63, 3.8) is 0 Å². The topological polar surface area (TPSA) is 79.7 Å². The highest BCUT2D eigenvalue weighted by Crippen LogP contribution is 2.27. The molecule has 2 heterocycles. The van der Waals surface area contributed by atoms with Crippen molar-refractivity contribution in [1.82, 2.24) is 15.2 Å². The lowest BCUT2D eigenvalue weighted by atomic mass is 10.1. The Morgan fingerprint density at radius 2 is 1.92 bits per heavy atom. The SMILES string of the molecule is COc1ccc(CCNC(=S)N(Cc2ccco2)Cc2cc3cc(C)c(Cl)cc3[nH]c2=O)cc1OC. The lowest BCUT2D eigenvalue weighted by Gasteiger charge is -2.25. The molecule has 2 N–H and O–H groups in total. The van der Waals surface area contributed by atoms with Gasteiger partial charge in [-0.15, -0.1) is 0 Å². The van der Waals surface area contributed by atoms with E-state index in [2.05, 4.69) is 10.3 Å². The van der Waals surface area contributed by atoms with Gasteiger partial charge < -0.3 is 29.1 Å². The fourth-order valence-corrected chi connectivity index (χ4v) is 4.36. The number of aryl methyl sites for hydroxylation is 1. The summed E-state index contributed by atoms with van der Waals surface area (Å²) in [5.41, 5.74) is 3.15. The fraction of sp³-hybridized carbons (Fsp3) is 0.259. The van der Waals surface area contributed by atoms with Gasteiger partial charge in [0.1, 0.15) is 5.76 Å². The normalized spacial score (nSPS) is 10.9. The summed E-state index contributed by atoms with van der Waals surface area (Å²) < 4.78 is 16.2. The number of fused-ring (bicyclic) bond motifs is 1. The lowest BCUT2D eigenvalue weighted by Crippen LogP contribution is -2.40. The molecule has 0 fully saturated rings. The van der Waals surface area contributed by atoms with E-state index >= 15 is 0 Å². The summed E-state index contributed by atoms with van der Waals surface area (Å²) in [6.45, 7) is 3.28. The average molecular weight is 526 g/mol. The van der Waals surface area contributed by atoms with E-state index < -0.39 is 0 Å². The van der Waals surface area contributed by atoms with Gasteiger partial charge in [-0.05, 0) is 84.5 Å². The minimum Gasteiger partial charge on any atom is -0.493 e. The Labute approximate surface area is 220 Å². The van der Waals surface area contributed by atoms with E-state index in [1.54, 1.807) is 26.5 Å². The molecule has 0 saturated carbocycles. The number of aromatic amines is 1. The van der Waals surface area contributed by atoms with Crippen molar-refractivity contribution >= 4 is 39.8 Å². The minimum absolute atomic E-state index is 0.181. The maximum absolute atomic E-state index is 12.9. The number of nitrogens with one attached hydrogen (secondary N) is 2. The van der Waals surface area contributed by atoms with E-state index in [1.807, 2.05) is 54.3 Å². The second-order valence-electron chi connectivity index (χ2n) is 8.42. The molecule has 7 nitrogen and oxygen atoms in total. The van der Waals surface area contributed by atoms with Gasteiger partial charge in [0.05, 0.1) is 33.6 Å². The zero-order chi connectivity index (χ0) is 25.7. The molecule has 2 aromatic heterocycles. The summed E-state index contributed by atoms with van der Waals surface area (Å²) >= 11 is 12.0. The second kappa shape index (κ2) is 11.5. The molecule has 0 amide bonds. The third kappa shape index (κ3) is 6.01. The minimum atomic E-state index is -0.181. The van der Waals surface area contributed by atoms with Gasteiger partial charge in [0.2, 0.25) is 0 Å². The van der Waals surface area contributed by atoms with Crippen LogP contribution in [0.3, 0.4) is 0 Å². The number of aromatic nitrogens is 1. The van der Waals surface area contributed by atoms with Crippen molar-refractivity contribution in [2.24, 2.45) is 0 Å². The van der Waals surface area contributed by atoms with Crippen LogP contribution in [0.25, 0.3) is 10.9 Å². The predicted octanol–water partition coefficient (Wildman–Crippen LogP) is 5.22. The van der Waals surface area contributed by atoms with Gasteiger partial charge >= 0.3 is 0 Å². The molecule has 0 unspecified atom stereocenters. The van der Waals surface area contributed by atoms with Crippen LogP contribution >= 0.6 is 23.8 Å². The molecule has 4 rings (SSSR count). The molecular formula is C27H28ClN3O4S. The zero-order valence-electron chi connectivity index (χ0n) is 20.4. The molecule has 0 saturated heterocycles. The number of hydrogen-bond donors (Lipinski definition) is 2. The van der Waals surface area contributed by atoms with E-state index in [1.165, 1.54) is 0 Å². The third-order valence-electron chi connectivity index (χ3n) is 5.91. The molecule has 0 atom stereocenters. The van der Waals surface area contributed by atoms with Gasteiger partial charge in [-0.25, -0.2) is 0 Å². The van der Waals surface area contributed by atoms with E-state index in [4.69, 9.17) is 37.7 Å². The highest BCUT2D eigenvalue weighted by atomic mass is 35.5. The maximum atomic E-state index is 12.9. The molecule has 4 aromatic rings. The van der Waals surface area contributed by atoms with Crippen molar-refractivity contribution in [3.8, 4) is 11.5 Å². The van der Waals surface area contributed by atoms with Gasteiger partial charge in [0, 0.05) is 22.6 Å². The first-order valence-corrected chi connectivity index (χ1v) is 12.2. The van der Waals surface area contributed by atoms with Crippen molar-refractivity contribution in [1.29, 1.82) is 0 Å². The van der Waals surface area contributed by atoms with Crippen molar-refractivity contribution in [3.05, 3.63) is 92.6 Å². The van der Waals surface area contributed by atoms with Gasteiger partial charge in [0.15, 0.2) is 16.6 Å². The molecule has 0 radical (unpaired) electrons. The standard InChI is InChI=1S/C27H28ClN3O4S/c1-17-11-19-13-20(26(32)30-23(19)14-22(17)28)15-31(16-21-5-4-10-35-21)27(36)29-9-8-18-6-7-24(33-2)25(12-18)34-3/h4-7,10-14H,8-9,15-16H2,1-3H3,(H,29,36)(H,30,32). The van der Waals surface area contributed by atoms with Gasteiger partial charge in [-0.1, -0.05) is 17.7 Å². The van der Waals surface area contributed by atoms with Crippen molar-refractivity contribution < 1.29 is 13.9 Å². The second-order valence-corrected chi connectivity index (χ2v) is 9.21. The van der Waals surface area contributed by atoms with Gasteiger partial charge in [0.25, 0.3) is 5.56 Å². The Hall–Kier alpha value is -3.49. The first kappa shape index (κ1) is 25.6. The number of thiocarbonyl (C=S) groups is 1. The van der Waals surface area contributed by atoms with Crippen LogP contribution in [0.15, 0.2) is 64.0 Å². The van der Waals surface area contributed by atoms with E-state index in [0.29, 0.717) is 52.3 Å². The van der Waals surface area contributed by atoms with Crippen LogP contribution in [0.5, 0.6) is 11.5 Å². The Morgan fingerprint density at radius 3 is 2.64 bits per heavy atom. The van der Waals surface area contributed by atoms with Crippen molar-refractivity contribution in [2.75, 3.05) is 20.8 Å². The number of furan rings is 1. The van der Waals surface area contributed by atoms with Crippen LogP contribution in [0, 0.1) is 6.92 Å². The fourth-order valence-electron chi connectivity index (χ4n) is 3.96. The lowest BCUT2D eigenvalue weighted by molar-refractivity contribution is 0.350. The molecule has 36 heavy (non-hydrogen) atoms. The summed E-state index contributed by atoms with van der Waals surface area (Å²) in [6.07, 6.45) is 2.35. The van der Waals surface area contributed by atoms with Crippen LogP contribution in [-0.2, 0) is 19.5 Å². The molecular weight excluding hydrogens is 498 g/mol. The van der Waals surface area contributed by atoms with Crippen LogP contribution in [0.4, 0.5) is 0 Å². The Bertz CT molecular complexity index is 1420. The number of methoxy groups -OCH3 is 2. The number of benzene rings is 2. The van der Waals surface area contributed by atoms with E-state index in [0.717, 1.165) is 28.7 Å². The summed E-state index contributed by atoms with van der Waals surface area (Å²) in [7, 11) is 3.23. The van der Waals surface area contributed by atoms with E-state index in [-0.39, 0.29) is 5.56 Å². The Kier molecular flexibility index (Phi) is 8.18. The maximum Gasteiger partial charge on any atom is 0.253 e. The Balaban J connectivity index is 1.50. The highest BCUT2D eigenvalue weighted by molar-refractivity contribution is 7.80. The summed E-state index contributed by atoms with van der Waals surface area (Å²) in [5.74, 6) is 2.12. The molecule has 0 aliphatic carbocycles. The quantitative estimate of drug-likeness (QED) is 0.290. The van der Waals surface area contributed by atoms with Gasteiger partial charge in [-0.2, -0.15) is 0 Å². The summed E-state index contributed by atoms with van der Waals surface area (Å²) in [5, 5.41) is 5.37. The van der Waals surface area contributed by atoms with E-state index in [9.17, 15) is 4.79 Å². The van der Waals surface area contributed by atoms with Crippen molar-refractivity contribution in [2.45, 2.75) is 26.4 Å². The highest BCUT2D eigenvalue weighted by Gasteiger charge is 2.16. The van der Waals surface area contributed by atoms with Crippen LogP contribution in [0.1, 0.15) is 22.5 Å². The van der Waals surface area contributed by atoms with Crippen LogP contribution in [-0.4, -0.2) is 35.8 Å². The molecule has 0 bridgehead atoms. The molecule has 2 aromatic carbocycles. The number of hydrogen-bond acceptors (Lipinski definition) is 5.